The van der Waals surface area contributed by atoms with Crippen LogP contribution in [0.25, 0.3) is 0 Å². The molecule has 0 aromatic heterocycles. The van der Waals surface area contributed by atoms with Crippen LogP contribution in [0, 0.1) is 0 Å². The van der Waals surface area contributed by atoms with Crippen molar-refractivity contribution in [2.24, 2.45) is 5.73 Å². The molecule has 0 fully saturated rings. The highest BCUT2D eigenvalue weighted by Crippen LogP contribution is 1.95. The number of carbonyl (C=O) groups excluding carboxylic acids is 3. The largest absolute Gasteiger partial charge is 0.464 e. The van der Waals surface area contributed by atoms with Crippen LogP contribution in [-0.2, 0) is 23.9 Å². The highest BCUT2D eigenvalue weighted by atomic mass is 35.5. The molecule has 0 radical (unpaired) electrons. The Kier molecular flexibility index (Phi) is 11.4. The molecule has 1 amide bonds. The van der Waals surface area contributed by atoms with Gasteiger partial charge in [0.15, 0.2) is 0 Å². The Morgan fingerprint density at radius 3 is 1.89 bits per heavy atom. The molecule has 0 aromatic carbocycles. The lowest BCUT2D eigenvalue weighted by atomic mass is 10.2. The Labute approximate surface area is 112 Å². The molecule has 0 atom stereocenters. The van der Waals surface area contributed by atoms with Crippen molar-refractivity contribution in [3.63, 3.8) is 0 Å². The van der Waals surface area contributed by atoms with E-state index in [-0.39, 0.29) is 38.6 Å². The fraction of sp³-hybridized carbons (Fsp3) is 0.700. The van der Waals surface area contributed by atoms with E-state index in [1.54, 1.807) is 13.8 Å². The van der Waals surface area contributed by atoms with Crippen molar-refractivity contribution in [1.29, 1.82) is 0 Å². The standard InChI is InChI=1S/C10H18N2O5.ClH/c1-3-16-9(14)8(10(15)17-4-2)12-7(13)5-6-11;/h8H,3-6,11H2,1-2H3,(H,12,13);1H. The summed E-state index contributed by atoms with van der Waals surface area (Å²) in [6.07, 6.45) is 0.0231. The van der Waals surface area contributed by atoms with Crippen molar-refractivity contribution in [3.8, 4) is 0 Å². The zero-order valence-electron chi connectivity index (χ0n) is 10.4. The maximum absolute atomic E-state index is 11.4. The first-order valence-electron chi connectivity index (χ1n) is 5.39. The second-order valence-corrected chi connectivity index (χ2v) is 3.04. The fourth-order valence-electron chi connectivity index (χ4n) is 1.03. The summed E-state index contributed by atoms with van der Waals surface area (Å²) in [6.45, 7) is 3.55. The summed E-state index contributed by atoms with van der Waals surface area (Å²) in [5, 5.41) is 2.22. The number of amides is 1. The summed E-state index contributed by atoms with van der Waals surface area (Å²) < 4.78 is 9.33. The van der Waals surface area contributed by atoms with Crippen LogP contribution < -0.4 is 11.1 Å². The van der Waals surface area contributed by atoms with Crippen LogP contribution in [0.5, 0.6) is 0 Å². The van der Waals surface area contributed by atoms with E-state index >= 15 is 0 Å². The van der Waals surface area contributed by atoms with E-state index in [0.29, 0.717) is 0 Å². The average molecular weight is 283 g/mol. The quantitative estimate of drug-likeness (QED) is 0.475. The molecule has 0 saturated heterocycles. The molecule has 0 saturated carbocycles. The minimum absolute atomic E-state index is 0. The number of nitrogens with one attached hydrogen (secondary N) is 1. The summed E-state index contributed by atoms with van der Waals surface area (Å²) in [6, 6.07) is -1.42. The lowest BCUT2D eigenvalue weighted by Gasteiger charge is -2.15. The van der Waals surface area contributed by atoms with Crippen molar-refractivity contribution < 1.29 is 23.9 Å². The van der Waals surface area contributed by atoms with Gasteiger partial charge in [0, 0.05) is 13.0 Å². The van der Waals surface area contributed by atoms with Crippen molar-refractivity contribution in [2.45, 2.75) is 26.3 Å². The summed E-state index contributed by atoms with van der Waals surface area (Å²) in [5.41, 5.74) is 5.18. The fourth-order valence-corrected chi connectivity index (χ4v) is 1.03. The summed E-state index contributed by atoms with van der Waals surface area (Å²) >= 11 is 0. The number of hydrogen-bond acceptors (Lipinski definition) is 6. The van der Waals surface area contributed by atoms with Crippen LogP contribution in [0.3, 0.4) is 0 Å². The second-order valence-electron chi connectivity index (χ2n) is 3.04. The molecular weight excluding hydrogens is 264 g/mol. The van der Waals surface area contributed by atoms with Crippen molar-refractivity contribution >= 4 is 30.3 Å². The third-order valence-electron chi connectivity index (χ3n) is 1.72. The molecule has 8 heteroatoms. The summed E-state index contributed by atoms with van der Waals surface area (Å²) in [5.74, 6) is -2.17. The first-order chi connectivity index (χ1) is 8.06. The second kappa shape index (κ2) is 10.8. The van der Waals surface area contributed by atoms with Crippen LogP contribution >= 0.6 is 12.4 Å². The normalized spacial score (nSPS) is 9.33. The predicted molar refractivity (Wildman–Crippen MR) is 66.1 cm³/mol. The molecule has 0 bridgehead atoms. The van der Waals surface area contributed by atoms with Gasteiger partial charge in [-0.2, -0.15) is 0 Å². The van der Waals surface area contributed by atoms with Gasteiger partial charge in [0.05, 0.1) is 13.2 Å². The van der Waals surface area contributed by atoms with E-state index in [4.69, 9.17) is 5.73 Å². The molecule has 0 aliphatic rings. The van der Waals surface area contributed by atoms with Gasteiger partial charge in [-0.1, -0.05) is 0 Å². The predicted octanol–water partition coefficient (Wildman–Crippen LogP) is -0.632. The van der Waals surface area contributed by atoms with Crippen LogP contribution in [0.15, 0.2) is 0 Å². The van der Waals surface area contributed by atoms with E-state index in [0.717, 1.165) is 0 Å². The lowest BCUT2D eigenvalue weighted by Crippen LogP contribution is -2.48. The smallest absolute Gasteiger partial charge is 0.340 e. The molecule has 7 nitrogen and oxygen atoms in total. The molecule has 0 aliphatic heterocycles. The molecule has 106 valence electrons. The van der Waals surface area contributed by atoms with Crippen LogP contribution in [0.4, 0.5) is 0 Å². The Morgan fingerprint density at radius 2 is 1.56 bits per heavy atom. The highest BCUT2D eigenvalue weighted by Gasteiger charge is 2.30. The van der Waals surface area contributed by atoms with Crippen molar-refractivity contribution in [2.75, 3.05) is 19.8 Å². The zero-order valence-corrected chi connectivity index (χ0v) is 11.2. The van der Waals surface area contributed by atoms with E-state index in [1.165, 1.54) is 0 Å². The number of halogens is 1. The van der Waals surface area contributed by atoms with Crippen molar-refractivity contribution in [3.05, 3.63) is 0 Å². The van der Waals surface area contributed by atoms with Gasteiger partial charge in [-0.25, -0.2) is 9.59 Å². The third-order valence-corrected chi connectivity index (χ3v) is 1.72. The molecular formula is C10H19ClN2O5. The number of rotatable bonds is 7. The number of ether oxygens (including phenoxy) is 2. The SMILES string of the molecule is CCOC(=O)C(NC(=O)CCN)C(=O)OCC.Cl. The van der Waals surface area contributed by atoms with E-state index in [2.05, 4.69) is 14.8 Å². The highest BCUT2D eigenvalue weighted by molar-refractivity contribution is 6.02. The Balaban J connectivity index is 0. The molecule has 0 spiro atoms. The average Bonchev–Trinajstić information content (AvgIpc) is 2.26. The first kappa shape index (κ1) is 19.0. The molecule has 18 heavy (non-hydrogen) atoms. The molecule has 0 unspecified atom stereocenters. The van der Waals surface area contributed by atoms with Gasteiger partial charge >= 0.3 is 11.9 Å². The van der Waals surface area contributed by atoms with Crippen LogP contribution in [0.1, 0.15) is 20.3 Å². The molecule has 0 heterocycles. The Morgan fingerprint density at radius 1 is 1.11 bits per heavy atom. The number of esters is 2. The number of carbonyl (C=O) groups is 3. The Bertz CT molecular complexity index is 267. The number of nitrogens with two attached hydrogens (primary N) is 1. The van der Waals surface area contributed by atoms with E-state index < -0.39 is 23.9 Å². The Hall–Kier alpha value is -1.34. The molecule has 0 aliphatic carbocycles. The van der Waals surface area contributed by atoms with Crippen LogP contribution in [-0.4, -0.2) is 43.6 Å². The van der Waals surface area contributed by atoms with Crippen LogP contribution in [0.2, 0.25) is 0 Å². The maximum atomic E-state index is 11.4. The van der Waals surface area contributed by atoms with Gasteiger partial charge in [-0.3, -0.25) is 4.79 Å². The minimum atomic E-state index is -1.42. The minimum Gasteiger partial charge on any atom is -0.464 e. The topological polar surface area (TPSA) is 108 Å². The maximum Gasteiger partial charge on any atom is 0.340 e. The van der Waals surface area contributed by atoms with E-state index in [1.807, 2.05) is 0 Å². The first-order valence-corrected chi connectivity index (χ1v) is 5.39. The van der Waals surface area contributed by atoms with Gasteiger partial charge < -0.3 is 20.5 Å². The summed E-state index contributed by atoms with van der Waals surface area (Å²) in [4.78, 5) is 34.1. The van der Waals surface area contributed by atoms with E-state index in [9.17, 15) is 14.4 Å². The van der Waals surface area contributed by atoms with Gasteiger partial charge in [0.25, 0.3) is 0 Å². The zero-order chi connectivity index (χ0) is 13.3. The molecule has 0 aromatic rings. The van der Waals surface area contributed by atoms with Gasteiger partial charge in [-0.15, -0.1) is 12.4 Å². The summed E-state index contributed by atoms with van der Waals surface area (Å²) in [7, 11) is 0. The molecule has 0 rings (SSSR count). The lowest BCUT2D eigenvalue weighted by molar-refractivity contribution is -0.159. The van der Waals surface area contributed by atoms with Gasteiger partial charge in [0.2, 0.25) is 11.9 Å². The van der Waals surface area contributed by atoms with Gasteiger partial charge in [-0.05, 0) is 13.8 Å². The number of hydrogen-bond donors (Lipinski definition) is 2. The monoisotopic (exact) mass is 282 g/mol. The van der Waals surface area contributed by atoms with Crippen molar-refractivity contribution in [1.82, 2.24) is 5.32 Å². The van der Waals surface area contributed by atoms with Gasteiger partial charge in [0.1, 0.15) is 0 Å². The third kappa shape index (κ3) is 7.08. The molecule has 3 N–H and O–H groups in total.